The van der Waals surface area contributed by atoms with Crippen LogP contribution in [0.4, 0.5) is 0 Å². The molecular formula is C24H30N2O4. The zero-order valence-corrected chi connectivity index (χ0v) is 18.0. The molecule has 3 rings (SSSR count). The highest BCUT2D eigenvalue weighted by atomic mass is 16.5. The summed E-state index contributed by atoms with van der Waals surface area (Å²) < 4.78 is 10.7. The first kappa shape index (κ1) is 21.8. The zero-order valence-electron chi connectivity index (χ0n) is 18.0. The van der Waals surface area contributed by atoms with Crippen LogP contribution in [0.3, 0.4) is 0 Å². The predicted molar refractivity (Wildman–Crippen MR) is 115 cm³/mol. The molecule has 1 fully saturated rings. The van der Waals surface area contributed by atoms with Gasteiger partial charge in [-0.15, -0.1) is 0 Å². The smallest absolute Gasteiger partial charge is 0.314 e. The van der Waals surface area contributed by atoms with Crippen LogP contribution in [-0.4, -0.2) is 41.6 Å². The molecular weight excluding hydrogens is 380 g/mol. The van der Waals surface area contributed by atoms with Gasteiger partial charge in [0.15, 0.2) is 0 Å². The zero-order chi connectivity index (χ0) is 21.6. The first-order valence-electron chi connectivity index (χ1n) is 10.6. The van der Waals surface area contributed by atoms with E-state index in [1.54, 1.807) is 17.9 Å². The molecule has 1 aromatic carbocycles. The van der Waals surface area contributed by atoms with Crippen molar-refractivity contribution in [3.05, 3.63) is 59.5 Å². The van der Waals surface area contributed by atoms with E-state index in [2.05, 4.69) is 5.16 Å². The Balaban J connectivity index is 1.78. The molecule has 1 saturated heterocycles. The van der Waals surface area contributed by atoms with Crippen molar-refractivity contribution in [1.29, 1.82) is 0 Å². The summed E-state index contributed by atoms with van der Waals surface area (Å²) in [4.78, 5) is 27.6. The number of hydrogen-bond donors (Lipinski definition) is 0. The van der Waals surface area contributed by atoms with Crippen molar-refractivity contribution in [3.63, 3.8) is 0 Å². The van der Waals surface area contributed by atoms with Gasteiger partial charge in [-0.2, -0.15) is 0 Å². The Hall–Kier alpha value is -2.89. The molecule has 1 atom stereocenters. The van der Waals surface area contributed by atoms with E-state index in [0.29, 0.717) is 32.5 Å². The minimum atomic E-state index is -0.754. The lowest BCUT2D eigenvalue weighted by molar-refractivity contribution is -0.158. The van der Waals surface area contributed by atoms with Crippen molar-refractivity contribution in [2.45, 2.75) is 46.0 Å². The van der Waals surface area contributed by atoms with Gasteiger partial charge in [-0.25, -0.2) is 0 Å². The van der Waals surface area contributed by atoms with Crippen molar-refractivity contribution in [3.8, 4) is 0 Å². The Labute approximate surface area is 177 Å². The average molecular weight is 411 g/mol. The van der Waals surface area contributed by atoms with Crippen molar-refractivity contribution < 1.29 is 18.8 Å². The average Bonchev–Trinajstić information content (AvgIpc) is 3.25. The van der Waals surface area contributed by atoms with Gasteiger partial charge in [0.05, 0.1) is 17.7 Å². The number of carbonyl (C=O) groups is 2. The first-order valence-corrected chi connectivity index (χ1v) is 10.6. The van der Waals surface area contributed by atoms with Crippen LogP contribution in [0.15, 0.2) is 47.0 Å². The number of piperidine rings is 1. The maximum atomic E-state index is 13.0. The summed E-state index contributed by atoms with van der Waals surface area (Å²) in [6.45, 7) is 7.01. The fourth-order valence-electron chi connectivity index (χ4n) is 3.81. The molecule has 1 amide bonds. The van der Waals surface area contributed by atoms with Crippen molar-refractivity contribution in [2.75, 3.05) is 19.7 Å². The number of esters is 1. The Kier molecular flexibility index (Phi) is 7.08. The van der Waals surface area contributed by atoms with Crippen molar-refractivity contribution >= 4 is 18.0 Å². The molecule has 0 spiro atoms. The number of ether oxygens (including phenoxy) is 1. The summed E-state index contributed by atoms with van der Waals surface area (Å²) in [5.41, 5.74) is 1.07. The van der Waals surface area contributed by atoms with Crippen LogP contribution in [0, 0.1) is 5.41 Å². The van der Waals surface area contributed by atoms with Gasteiger partial charge in [-0.3, -0.25) is 9.59 Å². The predicted octanol–water partition coefficient (Wildman–Crippen LogP) is 4.69. The van der Waals surface area contributed by atoms with Crippen LogP contribution in [0.5, 0.6) is 0 Å². The number of likely N-dealkylation sites (tertiary alicyclic amines) is 1. The van der Waals surface area contributed by atoms with E-state index in [1.807, 2.05) is 56.3 Å². The molecule has 1 aliphatic rings. The maximum Gasteiger partial charge on any atom is 0.314 e. The van der Waals surface area contributed by atoms with Gasteiger partial charge in [-0.05, 0) is 37.7 Å². The topological polar surface area (TPSA) is 72.6 Å². The Morgan fingerprint density at radius 2 is 2.07 bits per heavy atom. The van der Waals surface area contributed by atoms with Gasteiger partial charge in [0.25, 0.3) is 5.91 Å². The Morgan fingerprint density at radius 3 is 2.73 bits per heavy atom. The van der Waals surface area contributed by atoms with Gasteiger partial charge in [-0.1, -0.05) is 61.5 Å². The molecule has 0 saturated carbocycles. The SMILES string of the molecule is CCOC(=O)C1(CC=Cc2ccccc2)CCCN(C(=O)c2cc(C(C)C)no2)C1. The monoisotopic (exact) mass is 410 g/mol. The lowest BCUT2D eigenvalue weighted by atomic mass is 9.76. The summed E-state index contributed by atoms with van der Waals surface area (Å²) in [5.74, 6) is -0.0768. The van der Waals surface area contributed by atoms with Gasteiger partial charge in [0.2, 0.25) is 5.76 Å². The molecule has 0 N–H and O–H groups in total. The number of aromatic nitrogens is 1. The molecule has 2 aromatic rings. The van der Waals surface area contributed by atoms with Gasteiger partial charge in [0, 0.05) is 19.2 Å². The van der Waals surface area contributed by atoms with Gasteiger partial charge >= 0.3 is 5.97 Å². The number of allylic oxidation sites excluding steroid dienone is 1. The quantitative estimate of drug-likeness (QED) is 0.619. The number of carbonyl (C=O) groups excluding carboxylic acids is 2. The second-order valence-electron chi connectivity index (χ2n) is 8.12. The summed E-state index contributed by atoms with van der Waals surface area (Å²) in [6, 6.07) is 11.6. The van der Waals surface area contributed by atoms with Crippen LogP contribution in [0.2, 0.25) is 0 Å². The van der Waals surface area contributed by atoms with Crippen LogP contribution < -0.4 is 0 Å². The standard InChI is InChI=1S/C24H30N2O4/c1-4-29-23(28)24(13-8-12-19-10-6-5-7-11-19)14-9-15-26(17-24)22(27)21-16-20(18(2)3)25-30-21/h5-8,10-12,16,18H,4,9,13-15,17H2,1-3H3. The molecule has 0 radical (unpaired) electrons. The van der Waals surface area contributed by atoms with E-state index in [0.717, 1.165) is 17.7 Å². The van der Waals surface area contributed by atoms with Crippen LogP contribution in [0.1, 0.15) is 67.8 Å². The number of hydrogen-bond acceptors (Lipinski definition) is 5. The van der Waals surface area contributed by atoms with Crippen molar-refractivity contribution in [1.82, 2.24) is 10.1 Å². The van der Waals surface area contributed by atoms with E-state index < -0.39 is 5.41 Å². The van der Waals surface area contributed by atoms with Gasteiger partial charge in [0.1, 0.15) is 0 Å². The molecule has 30 heavy (non-hydrogen) atoms. The second kappa shape index (κ2) is 9.74. The van der Waals surface area contributed by atoms with Crippen LogP contribution >= 0.6 is 0 Å². The lowest BCUT2D eigenvalue weighted by Gasteiger charge is -2.40. The normalized spacial score (nSPS) is 19.4. The van der Waals surface area contributed by atoms with Crippen molar-refractivity contribution in [2.24, 2.45) is 5.41 Å². The number of amides is 1. The third-order valence-corrected chi connectivity index (χ3v) is 5.52. The highest BCUT2D eigenvalue weighted by Gasteiger charge is 2.44. The van der Waals surface area contributed by atoms with E-state index in [4.69, 9.17) is 9.26 Å². The second-order valence-corrected chi connectivity index (χ2v) is 8.12. The summed E-state index contributed by atoms with van der Waals surface area (Å²) in [7, 11) is 0. The molecule has 160 valence electrons. The number of benzene rings is 1. The largest absolute Gasteiger partial charge is 0.466 e. The van der Waals surface area contributed by atoms with E-state index in [9.17, 15) is 9.59 Å². The fraction of sp³-hybridized carbons (Fsp3) is 0.458. The molecule has 1 aliphatic heterocycles. The minimum absolute atomic E-state index is 0.179. The van der Waals surface area contributed by atoms with E-state index in [1.165, 1.54) is 0 Å². The summed E-state index contributed by atoms with van der Waals surface area (Å²) in [6.07, 6.45) is 5.94. The van der Waals surface area contributed by atoms with Crippen LogP contribution in [-0.2, 0) is 9.53 Å². The fourth-order valence-corrected chi connectivity index (χ4v) is 3.81. The minimum Gasteiger partial charge on any atom is -0.466 e. The molecule has 0 aliphatic carbocycles. The molecule has 6 heteroatoms. The molecule has 0 bridgehead atoms. The first-order chi connectivity index (χ1) is 14.4. The van der Waals surface area contributed by atoms with E-state index in [-0.39, 0.29) is 23.6 Å². The maximum absolute atomic E-state index is 13.0. The number of rotatable bonds is 7. The summed E-state index contributed by atoms with van der Waals surface area (Å²) in [5, 5.41) is 3.99. The third kappa shape index (κ3) is 4.99. The molecule has 6 nitrogen and oxygen atoms in total. The molecule has 2 heterocycles. The highest BCUT2D eigenvalue weighted by Crippen LogP contribution is 2.36. The number of nitrogens with zero attached hydrogens (tertiary/aromatic N) is 2. The van der Waals surface area contributed by atoms with E-state index >= 15 is 0 Å². The molecule has 1 aromatic heterocycles. The summed E-state index contributed by atoms with van der Waals surface area (Å²) >= 11 is 0. The Bertz CT molecular complexity index is 888. The molecule has 1 unspecified atom stereocenters. The van der Waals surface area contributed by atoms with Crippen LogP contribution in [0.25, 0.3) is 6.08 Å². The van der Waals surface area contributed by atoms with Gasteiger partial charge < -0.3 is 14.2 Å². The highest BCUT2D eigenvalue weighted by molar-refractivity contribution is 5.92. The Morgan fingerprint density at radius 1 is 1.30 bits per heavy atom. The lowest BCUT2D eigenvalue weighted by Crippen LogP contribution is -2.50. The third-order valence-electron chi connectivity index (χ3n) is 5.52.